The second-order valence-corrected chi connectivity index (χ2v) is 5.74. The molecule has 0 saturated heterocycles. The molecule has 0 aliphatic heterocycles. The van der Waals surface area contributed by atoms with Crippen LogP contribution < -0.4 is 0 Å². The van der Waals surface area contributed by atoms with E-state index < -0.39 is 5.60 Å². The van der Waals surface area contributed by atoms with Crippen LogP contribution in [0.1, 0.15) is 32.3 Å². The molecule has 21 heavy (non-hydrogen) atoms. The number of benzene rings is 1. The summed E-state index contributed by atoms with van der Waals surface area (Å²) >= 11 is 12.4. The van der Waals surface area contributed by atoms with E-state index in [0.29, 0.717) is 23.2 Å². The Balaban J connectivity index is 2.46. The van der Waals surface area contributed by atoms with Crippen LogP contribution in [-0.4, -0.2) is 21.4 Å². The summed E-state index contributed by atoms with van der Waals surface area (Å²) in [6.07, 6.45) is 5.01. The third-order valence-corrected chi connectivity index (χ3v) is 3.93. The van der Waals surface area contributed by atoms with E-state index in [1.165, 1.54) is 6.33 Å². The quantitative estimate of drug-likeness (QED) is 0.760. The van der Waals surface area contributed by atoms with Crippen LogP contribution in [0.15, 0.2) is 30.9 Å². The lowest BCUT2D eigenvalue weighted by Gasteiger charge is -2.34. The lowest BCUT2D eigenvalue weighted by Crippen LogP contribution is -2.35. The van der Waals surface area contributed by atoms with Gasteiger partial charge in [0.05, 0.1) is 6.54 Å². The minimum atomic E-state index is -0.529. The predicted octanol–water partition coefficient (Wildman–Crippen LogP) is 4.32. The van der Waals surface area contributed by atoms with Gasteiger partial charge in [0.2, 0.25) is 0 Å². The van der Waals surface area contributed by atoms with E-state index in [-0.39, 0.29) is 0 Å². The van der Waals surface area contributed by atoms with Gasteiger partial charge < -0.3 is 4.74 Å². The Morgan fingerprint density at radius 1 is 1.29 bits per heavy atom. The van der Waals surface area contributed by atoms with E-state index >= 15 is 0 Å². The zero-order valence-corrected chi connectivity index (χ0v) is 13.7. The van der Waals surface area contributed by atoms with E-state index in [9.17, 15) is 0 Å². The van der Waals surface area contributed by atoms with Gasteiger partial charge in [0.1, 0.15) is 18.3 Å². The molecule has 6 heteroatoms. The molecule has 0 N–H and O–H groups in total. The molecule has 114 valence electrons. The molecule has 0 spiro atoms. The fourth-order valence-electron chi connectivity index (χ4n) is 2.61. The summed E-state index contributed by atoms with van der Waals surface area (Å²) in [5.74, 6) is 0. The van der Waals surface area contributed by atoms with E-state index in [1.807, 2.05) is 19.1 Å². The third-order valence-electron chi connectivity index (χ3n) is 3.38. The molecule has 0 fully saturated rings. The van der Waals surface area contributed by atoms with Gasteiger partial charge in [-0.05, 0) is 25.5 Å². The summed E-state index contributed by atoms with van der Waals surface area (Å²) in [5.41, 5.74) is 0.409. The van der Waals surface area contributed by atoms with Crippen LogP contribution in [0.5, 0.6) is 0 Å². The van der Waals surface area contributed by atoms with Crippen molar-refractivity contribution in [2.75, 3.05) is 6.61 Å². The van der Waals surface area contributed by atoms with Crippen molar-refractivity contribution in [1.29, 1.82) is 0 Å². The van der Waals surface area contributed by atoms with E-state index in [0.717, 1.165) is 18.4 Å². The van der Waals surface area contributed by atoms with E-state index in [4.69, 9.17) is 27.9 Å². The highest BCUT2D eigenvalue weighted by molar-refractivity contribution is 6.35. The Morgan fingerprint density at radius 3 is 2.67 bits per heavy atom. The minimum absolute atomic E-state index is 0.529. The van der Waals surface area contributed by atoms with Gasteiger partial charge in [-0.1, -0.05) is 42.6 Å². The standard InChI is InChI=1S/C15H19Cl2N3O/c1-3-7-15(21-4-2,9-20-11-18-10-19-20)13-6-5-12(16)8-14(13)17/h5-6,8,10-11H,3-4,7,9H2,1-2H3. The zero-order chi connectivity index (χ0) is 15.3. The van der Waals surface area contributed by atoms with Crippen LogP contribution in [0.4, 0.5) is 0 Å². The van der Waals surface area contributed by atoms with Crippen LogP contribution in [0.25, 0.3) is 0 Å². The zero-order valence-electron chi connectivity index (χ0n) is 12.2. The van der Waals surface area contributed by atoms with Crippen molar-refractivity contribution < 1.29 is 4.74 Å². The van der Waals surface area contributed by atoms with Crippen molar-refractivity contribution in [2.24, 2.45) is 0 Å². The highest BCUT2D eigenvalue weighted by Gasteiger charge is 2.35. The van der Waals surface area contributed by atoms with Crippen molar-refractivity contribution in [3.8, 4) is 0 Å². The number of hydrogen-bond acceptors (Lipinski definition) is 3. The first-order valence-electron chi connectivity index (χ1n) is 7.03. The molecule has 0 aliphatic rings. The maximum Gasteiger partial charge on any atom is 0.137 e. The first-order valence-corrected chi connectivity index (χ1v) is 7.79. The highest BCUT2D eigenvalue weighted by Crippen LogP contribution is 2.38. The summed E-state index contributed by atoms with van der Waals surface area (Å²) in [7, 11) is 0. The normalized spacial score (nSPS) is 14.1. The highest BCUT2D eigenvalue weighted by atomic mass is 35.5. The Hall–Kier alpha value is -1.10. The average Bonchev–Trinajstić information content (AvgIpc) is 2.91. The summed E-state index contributed by atoms with van der Waals surface area (Å²) in [6, 6.07) is 5.53. The first-order chi connectivity index (χ1) is 10.1. The summed E-state index contributed by atoms with van der Waals surface area (Å²) in [6.45, 7) is 5.26. The molecule has 0 amide bonds. The Morgan fingerprint density at radius 2 is 2.10 bits per heavy atom. The summed E-state index contributed by atoms with van der Waals surface area (Å²) in [5, 5.41) is 5.43. The first kappa shape index (κ1) is 16.3. The lowest BCUT2D eigenvalue weighted by molar-refractivity contribution is -0.0662. The van der Waals surface area contributed by atoms with Crippen molar-refractivity contribution in [3.05, 3.63) is 46.5 Å². The minimum Gasteiger partial charge on any atom is -0.369 e. The second kappa shape index (κ2) is 7.25. The lowest BCUT2D eigenvalue weighted by atomic mass is 9.88. The largest absolute Gasteiger partial charge is 0.369 e. The maximum atomic E-state index is 6.42. The molecule has 0 saturated carbocycles. The molecular formula is C15H19Cl2N3O. The van der Waals surface area contributed by atoms with Gasteiger partial charge >= 0.3 is 0 Å². The molecule has 2 aromatic rings. The van der Waals surface area contributed by atoms with Gasteiger partial charge in [0.25, 0.3) is 0 Å². The van der Waals surface area contributed by atoms with Crippen molar-refractivity contribution >= 4 is 23.2 Å². The third kappa shape index (κ3) is 3.76. The van der Waals surface area contributed by atoms with E-state index in [2.05, 4.69) is 17.0 Å². The van der Waals surface area contributed by atoms with Gasteiger partial charge in [-0.2, -0.15) is 5.10 Å². The molecule has 4 nitrogen and oxygen atoms in total. The molecule has 1 atom stereocenters. The second-order valence-electron chi connectivity index (χ2n) is 4.89. The number of ether oxygens (including phenoxy) is 1. The fourth-order valence-corrected chi connectivity index (χ4v) is 3.19. The monoisotopic (exact) mass is 327 g/mol. The van der Waals surface area contributed by atoms with Crippen molar-refractivity contribution in [2.45, 2.75) is 38.8 Å². The molecule has 1 aromatic carbocycles. The average molecular weight is 328 g/mol. The smallest absolute Gasteiger partial charge is 0.137 e. The molecule has 0 aliphatic carbocycles. The van der Waals surface area contributed by atoms with Crippen LogP contribution in [0.3, 0.4) is 0 Å². The van der Waals surface area contributed by atoms with Crippen LogP contribution in [-0.2, 0) is 16.9 Å². The maximum absolute atomic E-state index is 6.42. The number of aromatic nitrogens is 3. The van der Waals surface area contributed by atoms with Gasteiger partial charge in [-0.25, -0.2) is 9.67 Å². The number of rotatable bonds is 7. The van der Waals surface area contributed by atoms with Gasteiger partial charge in [-0.3, -0.25) is 0 Å². The number of hydrogen-bond donors (Lipinski definition) is 0. The summed E-state index contributed by atoms with van der Waals surface area (Å²) < 4.78 is 7.91. The fraction of sp³-hybridized carbons (Fsp3) is 0.467. The molecule has 0 radical (unpaired) electrons. The molecule has 1 aromatic heterocycles. The van der Waals surface area contributed by atoms with Crippen LogP contribution in [0.2, 0.25) is 10.0 Å². The van der Waals surface area contributed by atoms with Crippen molar-refractivity contribution in [3.63, 3.8) is 0 Å². The molecule has 0 bridgehead atoms. The van der Waals surface area contributed by atoms with Gasteiger partial charge in [0, 0.05) is 22.2 Å². The van der Waals surface area contributed by atoms with Crippen molar-refractivity contribution in [1.82, 2.24) is 14.8 Å². The van der Waals surface area contributed by atoms with Crippen LogP contribution in [0, 0.1) is 0 Å². The van der Waals surface area contributed by atoms with E-state index in [1.54, 1.807) is 17.1 Å². The number of halogens is 2. The molecule has 2 rings (SSSR count). The molecule has 1 unspecified atom stereocenters. The predicted molar refractivity (Wildman–Crippen MR) is 84.7 cm³/mol. The Kier molecular flexibility index (Phi) is 5.62. The Bertz CT molecular complexity index is 566. The summed E-state index contributed by atoms with van der Waals surface area (Å²) in [4.78, 5) is 4.00. The topological polar surface area (TPSA) is 39.9 Å². The van der Waals surface area contributed by atoms with Gasteiger partial charge in [-0.15, -0.1) is 0 Å². The van der Waals surface area contributed by atoms with Crippen LogP contribution >= 0.6 is 23.2 Å². The SMILES string of the molecule is CCCC(Cn1cncn1)(OCC)c1ccc(Cl)cc1Cl. The number of nitrogens with zero attached hydrogens (tertiary/aromatic N) is 3. The Labute approximate surface area is 135 Å². The molecular weight excluding hydrogens is 309 g/mol. The molecule has 1 heterocycles. The van der Waals surface area contributed by atoms with Gasteiger partial charge in [0.15, 0.2) is 0 Å².